The van der Waals surface area contributed by atoms with E-state index in [1.54, 1.807) is 12.1 Å². The number of halogens is 1. The number of nitrogens with one attached hydrogen (secondary N) is 2. The van der Waals surface area contributed by atoms with Crippen molar-refractivity contribution in [2.45, 2.75) is 40.0 Å². The number of benzene rings is 2. The van der Waals surface area contributed by atoms with Crippen molar-refractivity contribution in [2.24, 2.45) is 4.99 Å². The van der Waals surface area contributed by atoms with Crippen LogP contribution >= 0.6 is 0 Å². The summed E-state index contributed by atoms with van der Waals surface area (Å²) >= 11 is 0. The molecule has 134 valence electrons. The minimum Gasteiger partial charge on any atom is -0.392 e. The Hall–Kier alpha value is -2.40. The van der Waals surface area contributed by atoms with Crippen molar-refractivity contribution < 1.29 is 9.50 Å². The Morgan fingerprint density at radius 2 is 2.00 bits per heavy atom. The molecule has 2 aromatic carbocycles. The quantitative estimate of drug-likeness (QED) is 0.556. The molecule has 0 radical (unpaired) electrons. The zero-order chi connectivity index (χ0) is 18.2. The fraction of sp³-hybridized carbons (Fsp3) is 0.350. The van der Waals surface area contributed by atoms with Crippen molar-refractivity contribution in [3.63, 3.8) is 0 Å². The van der Waals surface area contributed by atoms with Gasteiger partial charge in [0.15, 0.2) is 5.96 Å². The number of hydrogen-bond acceptors (Lipinski definition) is 2. The van der Waals surface area contributed by atoms with Crippen LogP contribution in [0.2, 0.25) is 0 Å². The van der Waals surface area contributed by atoms with Crippen molar-refractivity contribution in [3.8, 4) is 0 Å². The fourth-order valence-electron chi connectivity index (χ4n) is 2.69. The van der Waals surface area contributed by atoms with Gasteiger partial charge in [0.05, 0.1) is 19.2 Å². The van der Waals surface area contributed by atoms with Crippen molar-refractivity contribution in [2.75, 3.05) is 6.54 Å². The van der Waals surface area contributed by atoms with Gasteiger partial charge in [0, 0.05) is 12.1 Å². The van der Waals surface area contributed by atoms with E-state index in [1.165, 1.54) is 17.2 Å². The lowest BCUT2D eigenvalue weighted by Crippen LogP contribution is -2.38. The zero-order valence-electron chi connectivity index (χ0n) is 15.0. The number of aryl methyl sites for hydroxylation is 1. The van der Waals surface area contributed by atoms with E-state index in [0.29, 0.717) is 18.1 Å². The number of hydrogen-bond donors (Lipinski definition) is 3. The van der Waals surface area contributed by atoms with Gasteiger partial charge < -0.3 is 15.7 Å². The summed E-state index contributed by atoms with van der Waals surface area (Å²) in [6.07, 6.45) is 0. The van der Waals surface area contributed by atoms with E-state index in [0.717, 1.165) is 12.1 Å². The summed E-state index contributed by atoms with van der Waals surface area (Å²) in [7, 11) is 0. The van der Waals surface area contributed by atoms with Gasteiger partial charge in [0.1, 0.15) is 5.82 Å². The second kappa shape index (κ2) is 9.18. The first kappa shape index (κ1) is 18.9. The zero-order valence-corrected chi connectivity index (χ0v) is 15.0. The smallest absolute Gasteiger partial charge is 0.192 e. The third kappa shape index (κ3) is 5.29. The monoisotopic (exact) mass is 343 g/mol. The SMILES string of the molecule is CCNC(=NCc1ccc(F)c(CO)c1)NC(C)c1ccccc1C. The Kier molecular flexibility index (Phi) is 6.95. The molecule has 0 saturated carbocycles. The fourth-order valence-corrected chi connectivity index (χ4v) is 2.69. The first-order valence-electron chi connectivity index (χ1n) is 8.53. The lowest BCUT2D eigenvalue weighted by molar-refractivity contribution is 0.275. The van der Waals surface area contributed by atoms with E-state index < -0.39 is 5.82 Å². The van der Waals surface area contributed by atoms with Crippen LogP contribution in [0.3, 0.4) is 0 Å². The first-order valence-corrected chi connectivity index (χ1v) is 8.53. The lowest BCUT2D eigenvalue weighted by atomic mass is 10.0. The average molecular weight is 343 g/mol. The average Bonchev–Trinajstić information content (AvgIpc) is 2.61. The molecule has 0 aliphatic heterocycles. The number of guanidine groups is 1. The summed E-state index contributed by atoms with van der Waals surface area (Å²) < 4.78 is 13.5. The number of aliphatic hydroxyl groups is 1. The Morgan fingerprint density at radius 1 is 1.24 bits per heavy atom. The largest absolute Gasteiger partial charge is 0.392 e. The van der Waals surface area contributed by atoms with Crippen LogP contribution in [0, 0.1) is 12.7 Å². The van der Waals surface area contributed by atoms with Crippen LogP contribution in [-0.2, 0) is 13.2 Å². The molecule has 25 heavy (non-hydrogen) atoms. The maximum absolute atomic E-state index is 13.5. The van der Waals surface area contributed by atoms with Crippen molar-refractivity contribution in [3.05, 3.63) is 70.5 Å². The van der Waals surface area contributed by atoms with E-state index in [4.69, 9.17) is 0 Å². The minimum absolute atomic E-state index is 0.111. The standard InChI is InChI=1S/C20H26FN3O/c1-4-22-20(24-15(3)18-8-6-5-7-14(18)2)23-12-16-9-10-19(21)17(11-16)13-25/h5-11,15,25H,4,12-13H2,1-3H3,(H2,22,23,24). The summed E-state index contributed by atoms with van der Waals surface area (Å²) in [5.74, 6) is 0.307. The molecular weight excluding hydrogens is 317 g/mol. The third-order valence-electron chi connectivity index (χ3n) is 4.05. The van der Waals surface area contributed by atoms with Gasteiger partial charge in [0.2, 0.25) is 0 Å². The summed E-state index contributed by atoms with van der Waals surface area (Å²) in [5.41, 5.74) is 3.59. The van der Waals surface area contributed by atoms with E-state index >= 15 is 0 Å². The number of rotatable bonds is 6. The molecule has 0 aromatic heterocycles. The summed E-state index contributed by atoms with van der Waals surface area (Å²) in [4.78, 5) is 4.57. The van der Waals surface area contributed by atoms with E-state index in [-0.39, 0.29) is 12.6 Å². The molecule has 1 unspecified atom stereocenters. The van der Waals surface area contributed by atoms with Crippen LogP contribution in [0.1, 0.15) is 42.1 Å². The Morgan fingerprint density at radius 3 is 2.68 bits per heavy atom. The lowest BCUT2D eigenvalue weighted by Gasteiger charge is -2.19. The van der Waals surface area contributed by atoms with Crippen molar-refractivity contribution in [1.82, 2.24) is 10.6 Å². The molecule has 4 nitrogen and oxygen atoms in total. The molecule has 3 N–H and O–H groups in total. The number of aliphatic hydroxyl groups excluding tert-OH is 1. The van der Waals surface area contributed by atoms with Gasteiger partial charge in [-0.25, -0.2) is 9.38 Å². The van der Waals surface area contributed by atoms with Gasteiger partial charge in [0.25, 0.3) is 0 Å². The third-order valence-corrected chi connectivity index (χ3v) is 4.05. The molecule has 0 fully saturated rings. The second-order valence-electron chi connectivity index (χ2n) is 6.00. The van der Waals surface area contributed by atoms with Gasteiger partial charge in [-0.3, -0.25) is 0 Å². The first-order chi connectivity index (χ1) is 12.0. The molecule has 2 aromatic rings. The highest BCUT2D eigenvalue weighted by Crippen LogP contribution is 2.16. The molecule has 0 amide bonds. The highest BCUT2D eigenvalue weighted by molar-refractivity contribution is 5.80. The maximum atomic E-state index is 13.5. The predicted molar refractivity (Wildman–Crippen MR) is 99.9 cm³/mol. The highest BCUT2D eigenvalue weighted by atomic mass is 19.1. The van der Waals surface area contributed by atoms with Crippen LogP contribution in [0.25, 0.3) is 0 Å². The van der Waals surface area contributed by atoms with E-state index in [1.807, 2.05) is 19.1 Å². The van der Waals surface area contributed by atoms with Crippen molar-refractivity contribution in [1.29, 1.82) is 0 Å². The number of aliphatic imine (C=N–C) groups is 1. The normalized spacial score (nSPS) is 12.8. The van der Waals surface area contributed by atoms with Gasteiger partial charge in [-0.15, -0.1) is 0 Å². The molecule has 0 heterocycles. The van der Waals surface area contributed by atoms with Crippen molar-refractivity contribution >= 4 is 5.96 Å². The van der Waals surface area contributed by atoms with Crippen LogP contribution in [0.4, 0.5) is 4.39 Å². The Bertz CT molecular complexity index is 731. The molecule has 0 saturated heterocycles. The predicted octanol–water partition coefficient (Wildman–Crippen LogP) is 3.44. The van der Waals surface area contributed by atoms with Gasteiger partial charge in [-0.2, -0.15) is 0 Å². The topological polar surface area (TPSA) is 56.7 Å². The van der Waals surface area contributed by atoms with Crippen LogP contribution in [0.5, 0.6) is 0 Å². The van der Waals surface area contributed by atoms with Crippen LogP contribution in [-0.4, -0.2) is 17.6 Å². The maximum Gasteiger partial charge on any atom is 0.192 e. The van der Waals surface area contributed by atoms with Gasteiger partial charge >= 0.3 is 0 Å². The van der Waals surface area contributed by atoms with Gasteiger partial charge in [-0.1, -0.05) is 30.3 Å². The molecule has 0 spiro atoms. The summed E-state index contributed by atoms with van der Waals surface area (Å²) in [5, 5.41) is 15.8. The van der Waals surface area contributed by atoms with Crippen LogP contribution < -0.4 is 10.6 Å². The molecule has 0 aliphatic rings. The Balaban J connectivity index is 2.11. The summed E-state index contributed by atoms with van der Waals surface area (Å²) in [6.45, 7) is 7.04. The van der Waals surface area contributed by atoms with E-state index in [2.05, 4.69) is 41.6 Å². The molecular formula is C20H26FN3O. The molecule has 0 bridgehead atoms. The minimum atomic E-state index is -0.395. The molecule has 5 heteroatoms. The van der Waals surface area contributed by atoms with E-state index in [9.17, 15) is 9.50 Å². The summed E-state index contributed by atoms with van der Waals surface area (Å²) in [6, 6.07) is 13.1. The number of nitrogens with zero attached hydrogens (tertiary/aromatic N) is 1. The Labute approximate surface area is 148 Å². The highest BCUT2D eigenvalue weighted by Gasteiger charge is 2.10. The molecule has 2 rings (SSSR count). The van der Waals surface area contributed by atoms with Crippen LogP contribution in [0.15, 0.2) is 47.5 Å². The van der Waals surface area contributed by atoms with Gasteiger partial charge in [-0.05, 0) is 49.6 Å². The molecule has 1 atom stereocenters. The second-order valence-corrected chi connectivity index (χ2v) is 6.00. The molecule has 0 aliphatic carbocycles.